The molecule has 0 spiro atoms. The topological polar surface area (TPSA) is 69.2 Å². The number of halogens is 1. The summed E-state index contributed by atoms with van der Waals surface area (Å²) in [6.07, 6.45) is 11.0. The number of hydrogen-bond acceptors (Lipinski definition) is 5. The van der Waals surface area contributed by atoms with Gasteiger partial charge in [0.15, 0.2) is 5.78 Å². The van der Waals surface area contributed by atoms with Crippen molar-refractivity contribution in [3.63, 3.8) is 0 Å². The van der Waals surface area contributed by atoms with Crippen LogP contribution in [0.2, 0.25) is 0 Å². The SMILES string of the molecule is C[C@@H]1C[C@H](CC(=O)OC(C)(C)C)C[C@H](c2ccncc2CC(=O)c2ccc(F)c3cc(C4CC4)cnc23)C1. The molecule has 200 valence electrons. The Labute approximate surface area is 224 Å². The molecule has 2 aliphatic rings. The molecule has 5 nitrogen and oxygen atoms in total. The van der Waals surface area contributed by atoms with E-state index in [0.29, 0.717) is 34.7 Å². The molecule has 2 saturated carbocycles. The third-order valence-corrected chi connectivity index (χ3v) is 7.81. The van der Waals surface area contributed by atoms with Gasteiger partial charge in [-0.05, 0) is 118 Å². The molecule has 2 heterocycles. The van der Waals surface area contributed by atoms with E-state index < -0.39 is 5.60 Å². The molecule has 38 heavy (non-hydrogen) atoms. The van der Waals surface area contributed by atoms with E-state index in [1.165, 1.54) is 6.07 Å². The van der Waals surface area contributed by atoms with Gasteiger partial charge in [0.1, 0.15) is 11.4 Å². The zero-order valence-corrected chi connectivity index (χ0v) is 22.8. The molecule has 0 N–H and O–H groups in total. The maximum Gasteiger partial charge on any atom is 0.306 e. The average Bonchev–Trinajstić information content (AvgIpc) is 3.68. The third-order valence-electron chi connectivity index (χ3n) is 7.81. The van der Waals surface area contributed by atoms with E-state index in [-0.39, 0.29) is 35.8 Å². The van der Waals surface area contributed by atoms with Crippen molar-refractivity contribution in [2.45, 2.75) is 90.1 Å². The van der Waals surface area contributed by atoms with Crippen LogP contribution in [0.25, 0.3) is 10.9 Å². The van der Waals surface area contributed by atoms with Gasteiger partial charge < -0.3 is 4.74 Å². The summed E-state index contributed by atoms with van der Waals surface area (Å²) in [5.74, 6) is 0.804. The van der Waals surface area contributed by atoms with Crippen LogP contribution in [0, 0.1) is 17.7 Å². The second-order valence-electron chi connectivity index (χ2n) is 12.4. The van der Waals surface area contributed by atoms with Crippen molar-refractivity contribution in [3.05, 3.63) is 70.9 Å². The molecule has 5 rings (SSSR count). The predicted octanol–water partition coefficient (Wildman–Crippen LogP) is 7.32. The molecular weight excluding hydrogens is 479 g/mol. The number of esters is 1. The maximum atomic E-state index is 14.7. The zero-order chi connectivity index (χ0) is 27.0. The molecule has 6 heteroatoms. The van der Waals surface area contributed by atoms with Crippen molar-refractivity contribution < 1.29 is 18.7 Å². The Morgan fingerprint density at radius 1 is 1.05 bits per heavy atom. The van der Waals surface area contributed by atoms with Crippen molar-refractivity contribution >= 4 is 22.7 Å². The molecular formula is C32H37FN2O3. The number of nitrogens with zero attached hydrogens (tertiary/aromatic N) is 2. The summed E-state index contributed by atoms with van der Waals surface area (Å²) in [4.78, 5) is 34.9. The van der Waals surface area contributed by atoms with Crippen LogP contribution in [0.15, 0.2) is 42.9 Å². The Morgan fingerprint density at radius 2 is 1.84 bits per heavy atom. The fourth-order valence-corrected chi connectivity index (χ4v) is 6.11. The second-order valence-corrected chi connectivity index (χ2v) is 12.4. The van der Waals surface area contributed by atoms with E-state index in [4.69, 9.17) is 4.74 Å². The van der Waals surface area contributed by atoms with Crippen LogP contribution in [-0.4, -0.2) is 27.3 Å². The lowest BCUT2D eigenvalue weighted by Gasteiger charge is -2.34. The second kappa shape index (κ2) is 10.5. The Hall–Kier alpha value is -3.15. The van der Waals surface area contributed by atoms with Gasteiger partial charge in [-0.25, -0.2) is 4.39 Å². The van der Waals surface area contributed by atoms with Crippen molar-refractivity contribution in [2.24, 2.45) is 11.8 Å². The lowest BCUT2D eigenvalue weighted by Crippen LogP contribution is -2.28. The Bertz CT molecular complexity index is 1360. The van der Waals surface area contributed by atoms with E-state index in [1.54, 1.807) is 24.7 Å². The quantitative estimate of drug-likeness (QED) is 0.243. The van der Waals surface area contributed by atoms with Gasteiger partial charge >= 0.3 is 5.97 Å². The number of ketones is 1. The number of hydrogen-bond donors (Lipinski definition) is 0. The van der Waals surface area contributed by atoms with Gasteiger partial charge in [-0.15, -0.1) is 0 Å². The van der Waals surface area contributed by atoms with Crippen LogP contribution in [0.5, 0.6) is 0 Å². The van der Waals surface area contributed by atoms with Crippen LogP contribution < -0.4 is 0 Å². The highest BCUT2D eigenvalue weighted by molar-refractivity contribution is 6.07. The summed E-state index contributed by atoms with van der Waals surface area (Å²) >= 11 is 0. The van der Waals surface area contributed by atoms with Crippen molar-refractivity contribution in [3.8, 4) is 0 Å². The van der Waals surface area contributed by atoms with Crippen molar-refractivity contribution in [2.75, 3.05) is 0 Å². The summed E-state index contributed by atoms with van der Waals surface area (Å²) in [6, 6.07) is 6.80. The molecule has 0 bridgehead atoms. The minimum atomic E-state index is -0.492. The highest BCUT2D eigenvalue weighted by Crippen LogP contribution is 2.43. The average molecular weight is 517 g/mol. The fraction of sp³-hybridized carbons (Fsp3) is 0.500. The molecule has 0 unspecified atom stereocenters. The predicted molar refractivity (Wildman–Crippen MR) is 146 cm³/mol. The number of carbonyl (C=O) groups is 2. The van der Waals surface area contributed by atoms with Crippen molar-refractivity contribution in [1.82, 2.24) is 9.97 Å². The number of benzene rings is 1. The smallest absolute Gasteiger partial charge is 0.306 e. The minimum absolute atomic E-state index is 0.0925. The highest BCUT2D eigenvalue weighted by atomic mass is 19.1. The summed E-state index contributed by atoms with van der Waals surface area (Å²) in [6.45, 7) is 7.91. The fourth-order valence-electron chi connectivity index (χ4n) is 6.11. The molecule has 2 fully saturated rings. The normalized spacial score (nSPS) is 21.9. The number of pyridine rings is 2. The van der Waals surface area contributed by atoms with Crippen LogP contribution in [0.4, 0.5) is 4.39 Å². The molecule has 2 aromatic heterocycles. The molecule has 2 aliphatic carbocycles. The van der Waals surface area contributed by atoms with Gasteiger partial charge in [0, 0.05) is 42.4 Å². The summed E-state index contributed by atoms with van der Waals surface area (Å²) in [7, 11) is 0. The third kappa shape index (κ3) is 6.11. The number of rotatable bonds is 7. The largest absolute Gasteiger partial charge is 0.460 e. The first-order chi connectivity index (χ1) is 18.1. The van der Waals surface area contributed by atoms with E-state index in [0.717, 1.165) is 48.8 Å². The molecule has 0 saturated heterocycles. The van der Waals surface area contributed by atoms with Crippen LogP contribution in [0.1, 0.15) is 105 Å². The number of fused-ring (bicyclic) bond motifs is 1. The molecule has 0 amide bonds. The Morgan fingerprint density at radius 3 is 2.58 bits per heavy atom. The first kappa shape index (κ1) is 26.5. The van der Waals surface area contributed by atoms with E-state index >= 15 is 0 Å². The van der Waals surface area contributed by atoms with Gasteiger partial charge in [0.2, 0.25) is 0 Å². The van der Waals surface area contributed by atoms with E-state index in [9.17, 15) is 14.0 Å². The standard InChI is InChI=1S/C32H37FN2O3/c1-19-11-20(14-30(37)38-32(2,3)4)13-22(12-19)25-9-10-34-17-24(25)16-29(36)26-7-8-28(33)27-15-23(21-5-6-21)18-35-31(26)27/h7-10,15,17-22H,5-6,11-14,16H2,1-4H3/t19-,20+,22-/m1/s1. The Kier molecular flexibility index (Phi) is 7.34. The first-order valence-corrected chi connectivity index (χ1v) is 13.8. The van der Waals surface area contributed by atoms with Gasteiger partial charge in [-0.1, -0.05) is 6.92 Å². The van der Waals surface area contributed by atoms with Gasteiger partial charge in [0.25, 0.3) is 0 Å². The molecule has 1 aromatic carbocycles. The van der Waals surface area contributed by atoms with Crippen LogP contribution in [-0.2, 0) is 16.0 Å². The lowest BCUT2D eigenvalue weighted by molar-refractivity contribution is -0.156. The van der Waals surface area contributed by atoms with Gasteiger partial charge in [0.05, 0.1) is 5.52 Å². The number of aromatic nitrogens is 2. The first-order valence-electron chi connectivity index (χ1n) is 13.8. The minimum Gasteiger partial charge on any atom is -0.460 e. The van der Waals surface area contributed by atoms with Gasteiger partial charge in [-0.2, -0.15) is 0 Å². The monoisotopic (exact) mass is 516 g/mol. The summed E-state index contributed by atoms with van der Waals surface area (Å²) in [5.41, 5.74) is 3.42. The van der Waals surface area contributed by atoms with Crippen LogP contribution >= 0.6 is 0 Å². The molecule has 0 aliphatic heterocycles. The number of carbonyl (C=O) groups excluding carboxylic acids is 2. The maximum absolute atomic E-state index is 14.7. The summed E-state index contributed by atoms with van der Waals surface area (Å²) < 4.78 is 20.3. The molecule has 3 atom stereocenters. The number of ether oxygens (including phenoxy) is 1. The number of Topliss-reactive ketones (excluding diaryl/α,β-unsaturated/α-hetero) is 1. The summed E-state index contributed by atoms with van der Waals surface area (Å²) in [5, 5.41) is 0.415. The molecule has 0 radical (unpaired) electrons. The lowest BCUT2D eigenvalue weighted by atomic mass is 9.71. The zero-order valence-electron chi connectivity index (χ0n) is 22.8. The van der Waals surface area contributed by atoms with Crippen molar-refractivity contribution in [1.29, 1.82) is 0 Å². The van der Waals surface area contributed by atoms with E-state index in [1.807, 2.05) is 32.9 Å². The molecule has 3 aromatic rings. The van der Waals surface area contributed by atoms with E-state index in [2.05, 4.69) is 16.9 Å². The highest BCUT2D eigenvalue weighted by Gasteiger charge is 2.32. The Balaban J connectivity index is 1.36. The van der Waals surface area contributed by atoms with Crippen LogP contribution in [0.3, 0.4) is 0 Å². The van der Waals surface area contributed by atoms with Gasteiger partial charge in [-0.3, -0.25) is 19.6 Å².